The summed E-state index contributed by atoms with van der Waals surface area (Å²) in [5, 5.41) is 2.85. The average Bonchev–Trinajstić information content (AvgIpc) is 2.94. The number of aromatic nitrogens is 3. The number of benzene rings is 2. The molecule has 0 saturated carbocycles. The summed E-state index contributed by atoms with van der Waals surface area (Å²) in [6.07, 6.45) is 2.29. The largest absolute Gasteiger partial charge is 0.332 e. The molecule has 2 aromatic carbocycles. The number of nitrogens with zero attached hydrogens (tertiary/aromatic N) is 3. The minimum absolute atomic E-state index is 0.131. The van der Waals surface area contributed by atoms with Crippen LogP contribution in [0.5, 0.6) is 0 Å². The van der Waals surface area contributed by atoms with Crippen molar-refractivity contribution < 1.29 is 4.79 Å². The number of hydrogen-bond donors (Lipinski definition) is 1. The first-order valence-corrected chi connectivity index (χ1v) is 13.2. The van der Waals surface area contributed by atoms with Crippen molar-refractivity contribution in [2.45, 2.75) is 32.9 Å². The van der Waals surface area contributed by atoms with Crippen molar-refractivity contribution in [2.24, 2.45) is 7.05 Å². The predicted molar refractivity (Wildman–Crippen MR) is 157 cm³/mol. The second-order valence-corrected chi connectivity index (χ2v) is 9.97. The van der Waals surface area contributed by atoms with Crippen LogP contribution in [-0.2, 0) is 31.4 Å². The molecule has 0 radical (unpaired) electrons. The zero-order valence-electron chi connectivity index (χ0n) is 21.9. The molecule has 4 rings (SSSR count). The molecule has 0 spiro atoms. The number of halogens is 2. The highest BCUT2D eigenvalue weighted by atomic mass is 35.5. The van der Waals surface area contributed by atoms with Gasteiger partial charge in [0.15, 0.2) is 0 Å². The predicted octanol–water partition coefficient (Wildman–Crippen LogP) is 4.00. The summed E-state index contributed by atoms with van der Waals surface area (Å²) >= 11 is 12.8. The summed E-state index contributed by atoms with van der Waals surface area (Å²) in [6.45, 7) is 2.12. The number of hydrogen-bond acceptors (Lipinski definition) is 4. The van der Waals surface area contributed by atoms with Gasteiger partial charge in [0.1, 0.15) is 10.8 Å². The molecule has 40 heavy (non-hydrogen) atoms. The Morgan fingerprint density at radius 3 is 2.48 bits per heavy atom. The van der Waals surface area contributed by atoms with Crippen LogP contribution in [-0.4, -0.2) is 19.6 Å². The molecule has 8 nitrogen and oxygen atoms in total. The molecule has 1 N–H and O–H groups in total. The molecule has 0 fully saturated rings. The lowest BCUT2D eigenvalue weighted by Gasteiger charge is -2.13. The van der Waals surface area contributed by atoms with E-state index in [1.54, 1.807) is 36.5 Å². The molecule has 0 aliphatic carbocycles. The van der Waals surface area contributed by atoms with Crippen LogP contribution >= 0.6 is 23.2 Å². The van der Waals surface area contributed by atoms with Crippen molar-refractivity contribution in [1.82, 2.24) is 13.7 Å². The van der Waals surface area contributed by atoms with E-state index >= 15 is 0 Å². The topological polar surface area (TPSA) is 95.1 Å². The maximum absolute atomic E-state index is 12.8. The zero-order chi connectivity index (χ0) is 28.8. The Morgan fingerprint density at radius 2 is 1.75 bits per heavy atom. The van der Waals surface area contributed by atoms with Crippen LogP contribution in [0.15, 0.2) is 81.2 Å². The molecule has 2 aromatic heterocycles. The first kappa shape index (κ1) is 28.7. The van der Waals surface area contributed by atoms with Gasteiger partial charge in [0.05, 0.1) is 13.1 Å². The number of aryl methyl sites for hydroxylation is 2. The SMILES string of the molecule is Cc1ccc(CCC(=O)Nc2c(Cl)n(CC#Cc3ccc(Cl)c(Cn4ccccc4=O)c3)c(=O)n(C)c2=O)cc1. The highest BCUT2D eigenvalue weighted by Crippen LogP contribution is 2.19. The van der Waals surface area contributed by atoms with Gasteiger partial charge in [-0.1, -0.05) is 70.9 Å². The Balaban J connectivity index is 1.52. The summed E-state index contributed by atoms with van der Waals surface area (Å²) < 4.78 is 3.52. The highest BCUT2D eigenvalue weighted by Gasteiger charge is 2.18. The number of carbonyl (C=O) groups excluding carboxylic acids is 1. The summed E-state index contributed by atoms with van der Waals surface area (Å²) in [5.74, 6) is 5.45. The molecule has 2 heterocycles. The lowest BCUT2D eigenvalue weighted by atomic mass is 10.1. The molecule has 204 valence electrons. The molecular formula is C30H26Cl2N4O4. The molecule has 0 aliphatic rings. The first-order chi connectivity index (χ1) is 19.1. The van der Waals surface area contributed by atoms with Crippen molar-refractivity contribution in [1.29, 1.82) is 0 Å². The normalized spacial score (nSPS) is 10.6. The van der Waals surface area contributed by atoms with Crippen molar-refractivity contribution in [2.75, 3.05) is 5.32 Å². The fourth-order valence-electron chi connectivity index (χ4n) is 3.97. The number of amides is 1. The Labute approximate surface area is 240 Å². The van der Waals surface area contributed by atoms with Gasteiger partial charge < -0.3 is 9.88 Å². The maximum Gasteiger partial charge on any atom is 0.332 e. The molecule has 0 saturated heterocycles. The van der Waals surface area contributed by atoms with Crippen molar-refractivity contribution >= 4 is 34.8 Å². The van der Waals surface area contributed by atoms with Gasteiger partial charge in [-0.2, -0.15) is 0 Å². The third-order valence-corrected chi connectivity index (χ3v) is 7.02. The number of carbonyl (C=O) groups is 1. The number of pyridine rings is 1. The van der Waals surface area contributed by atoms with Crippen LogP contribution in [0.25, 0.3) is 0 Å². The summed E-state index contributed by atoms with van der Waals surface area (Å²) in [6, 6.07) is 17.9. The Hall–Kier alpha value is -4.32. The quantitative estimate of drug-likeness (QED) is 0.266. The van der Waals surface area contributed by atoms with E-state index in [-0.39, 0.29) is 35.9 Å². The second kappa shape index (κ2) is 12.7. The summed E-state index contributed by atoms with van der Waals surface area (Å²) in [4.78, 5) is 50.2. The molecule has 10 heteroatoms. The van der Waals surface area contributed by atoms with E-state index < -0.39 is 17.2 Å². The Bertz CT molecular complexity index is 1810. The van der Waals surface area contributed by atoms with Gasteiger partial charge in [-0.3, -0.25) is 23.5 Å². The van der Waals surface area contributed by atoms with Crippen molar-refractivity contribution in [3.63, 3.8) is 0 Å². The second-order valence-electron chi connectivity index (χ2n) is 9.21. The molecule has 1 amide bonds. The van der Waals surface area contributed by atoms with Gasteiger partial charge in [-0.15, -0.1) is 0 Å². The van der Waals surface area contributed by atoms with Crippen LogP contribution in [0.1, 0.15) is 28.7 Å². The van der Waals surface area contributed by atoms with Gasteiger partial charge in [0.25, 0.3) is 11.1 Å². The van der Waals surface area contributed by atoms with Crippen molar-refractivity contribution in [3.8, 4) is 11.8 Å². The Kier molecular flexibility index (Phi) is 9.10. The van der Waals surface area contributed by atoms with E-state index in [0.29, 0.717) is 22.6 Å². The van der Waals surface area contributed by atoms with Crippen molar-refractivity contribution in [3.05, 3.63) is 130 Å². The van der Waals surface area contributed by atoms with E-state index in [1.807, 2.05) is 31.2 Å². The van der Waals surface area contributed by atoms with Gasteiger partial charge in [-0.25, -0.2) is 4.79 Å². The van der Waals surface area contributed by atoms with E-state index in [4.69, 9.17) is 23.2 Å². The number of rotatable bonds is 7. The molecule has 0 bridgehead atoms. The van der Waals surface area contributed by atoms with E-state index in [9.17, 15) is 19.2 Å². The molecule has 0 aliphatic heterocycles. The standard InChI is InChI=1S/C30H26Cl2N4O4/c1-20-8-10-21(11-9-20)13-15-25(37)33-27-28(32)36(30(40)34(2)29(27)39)17-5-6-22-12-14-24(31)23(18-22)19-35-16-4-3-7-26(35)38/h3-4,7-12,14,16,18H,13,15,17,19H2,1-2H3,(H,33,37). The zero-order valence-corrected chi connectivity index (χ0v) is 23.4. The summed E-state index contributed by atoms with van der Waals surface area (Å²) in [5.41, 5.74) is 1.72. The third-order valence-electron chi connectivity index (χ3n) is 6.26. The van der Waals surface area contributed by atoms with Gasteiger partial charge >= 0.3 is 5.69 Å². The molecule has 0 unspecified atom stereocenters. The van der Waals surface area contributed by atoms with Gasteiger partial charge in [0, 0.05) is 36.3 Å². The average molecular weight is 577 g/mol. The van der Waals surface area contributed by atoms with Gasteiger partial charge in [0.2, 0.25) is 5.91 Å². The van der Waals surface area contributed by atoms with Crippen LogP contribution in [0, 0.1) is 18.8 Å². The molecular weight excluding hydrogens is 551 g/mol. The first-order valence-electron chi connectivity index (χ1n) is 12.4. The fourth-order valence-corrected chi connectivity index (χ4v) is 4.41. The summed E-state index contributed by atoms with van der Waals surface area (Å²) in [7, 11) is 1.31. The Morgan fingerprint density at radius 1 is 1.00 bits per heavy atom. The van der Waals surface area contributed by atoms with E-state index in [0.717, 1.165) is 20.3 Å². The highest BCUT2D eigenvalue weighted by molar-refractivity contribution is 6.32. The lowest BCUT2D eigenvalue weighted by Crippen LogP contribution is -2.40. The molecule has 0 atom stereocenters. The lowest BCUT2D eigenvalue weighted by molar-refractivity contribution is -0.116. The minimum Gasteiger partial charge on any atom is -0.319 e. The van der Waals surface area contributed by atoms with Gasteiger partial charge in [-0.05, 0) is 48.7 Å². The van der Waals surface area contributed by atoms with Crippen LogP contribution in [0.3, 0.4) is 0 Å². The van der Waals surface area contributed by atoms with Crippen LogP contribution < -0.4 is 22.1 Å². The van der Waals surface area contributed by atoms with Crippen LogP contribution in [0.4, 0.5) is 5.69 Å². The van der Waals surface area contributed by atoms with E-state index in [2.05, 4.69) is 17.2 Å². The maximum atomic E-state index is 12.8. The van der Waals surface area contributed by atoms with E-state index in [1.165, 1.54) is 17.7 Å². The number of anilines is 1. The number of nitrogens with one attached hydrogen (secondary N) is 1. The fraction of sp³-hybridized carbons (Fsp3) is 0.200. The third kappa shape index (κ3) is 6.81. The monoisotopic (exact) mass is 576 g/mol. The smallest absolute Gasteiger partial charge is 0.319 e. The minimum atomic E-state index is -0.707. The molecule has 4 aromatic rings. The van der Waals surface area contributed by atoms with Crippen LogP contribution in [0.2, 0.25) is 10.2 Å².